The average molecular weight is 212 g/mol. The third kappa shape index (κ3) is 3.47. The molecule has 86 valence electrons. The number of hydrogen-bond donors (Lipinski definition) is 2. The predicted molar refractivity (Wildman–Crippen MR) is 57.6 cm³/mol. The molecule has 0 aromatic carbocycles. The van der Waals surface area contributed by atoms with E-state index in [1.165, 1.54) is 0 Å². The van der Waals surface area contributed by atoms with E-state index in [2.05, 4.69) is 10.6 Å². The highest BCUT2D eigenvalue weighted by Gasteiger charge is 2.26. The van der Waals surface area contributed by atoms with E-state index < -0.39 is 0 Å². The molecule has 2 aliphatic carbocycles. The average Bonchev–Trinajstić information content (AvgIpc) is 2.92. The second kappa shape index (κ2) is 4.94. The van der Waals surface area contributed by atoms with E-state index in [-0.39, 0.29) is 5.91 Å². The fourth-order valence-electron chi connectivity index (χ4n) is 2.08. The molecule has 0 aliphatic heterocycles. The lowest BCUT2D eigenvalue weighted by Crippen LogP contribution is -2.39. The van der Waals surface area contributed by atoms with Gasteiger partial charge in [0.2, 0.25) is 5.91 Å². The number of carbonyl (C=O) groups is 1. The first-order valence-electron chi connectivity index (χ1n) is 5.83. The van der Waals surface area contributed by atoms with Crippen molar-refractivity contribution in [1.29, 1.82) is 0 Å². The van der Waals surface area contributed by atoms with Gasteiger partial charge in [-0.1, -0.05) is 0 Å². The van der Waals surface area contributed by atoms with Gasteiger partial charge in [0, 0.05) is 19.2 Å². The van der Waals surface area contributed by atoms with Gasteiger partial charge in [-0.25, -0.2) is 0 Å². The molecule has 0 spiro atoms. The highest BCUT2D eigenvalue weighted by atomic mass is 16.5. The number of nitrogens with one attached hydrogen (secondary N) is 2. The Hall–Kier alpha value is -0.610. The molecule has 0 saturated heterocycles. The Balaban J connectivity index is 1.58. The molecule has 15 heavy (non-hydrogen) atoms. The molecule has 0 aromatic rings. The maximum absolute atomic E-state index is 11.4. The Morgan fingerprint density at radius 3 is 2.60 bits per heavy atom. The maximum Gasteiger partial charge on any atom is 0.234 e. The van der Waals surface area contributed by atoms with Gasteiger partial charge in [0.05, 0.1) is 12.6 Å². The largest absolute Gasteiger partial charge is 0.381 e. The SMILES string of the molecule is COC1CCC(NCC(=O)NC2CC2)C1. The second-order valence-corrected chi connectivity index (χ2v) is 4.59. The van der Waals surface area contributed by atoms with Crippen LogP contribution in [-0.4, -0.2) is 37.7 Å². The van der Waals surface area contributed by atoms with Crippen LogP contribution in [0.1, 0.15) is 32.1 Å². The zero-order chi connectivity index (χ0) is 10.7. The van der Waals surface area contributed by atoms with Crippen molar-refractivity contribution in [2.24, 2.45) is 0 Å². The normalized spacial score (nSPS) is 30.5. The van der Waals surface area contributed by atoms with Crippen molar-refractivity contribution in [3.8, 4) is 0 Å². The van der Waals surface area contributed by atoms with Crippen molar-refractivity contribution in [2.45, 2.75) is 50.3 Å². The molecular formula is C11H20N2O2. The summed E-state index contributed by atoms with van der Waals surface area (Å²) in [7, 11) is 1.76. The van der Waals surface area contributed by atoms with Gasteiger partial charge in [-0.2, -0.15) is 0 Å². The molecule has 2 aliphatic rings. The number of rotatable bonds is 5. The minimum absolute atomic E-state index is 0.137. The predicted octanol–water partition coefficient (Wildman–Crippen LogP) is 0.422. The van der Waals surface area contributed by atoms with E-state index in [0.29, 0.717) is 24.7 Å². The molecule has 2 saturated carbocycles. The van der Waals surface area contributed by atoms with Gasteiger partial charge < -0.3 is 15.4 Å². The van der Waals surface area contributed by atoms with Gasteiger partial charge in [0.25, 0.3) is 0 Å². The maximum atomic E-state index is 11.4. The third-order valence-electron chi connectivity index (χ3n) is 3.21. The smallest absolute Gasteiger partial charge is 0.234 e. The Kier molecular flexibility index (Phi) is 3.59. The Labute approximate surface area is 90.8 Å². The molecule has 0 radical (unpaired) electrons. The van der Waals surface area contributed by atoms with Crippen molar-refractivity contribution in [1.82, 2.24) is 10.6 Å². The van der Waals surface area contributed by atoms with Gasteiger partial charge in [-0.3, -0.25) is 4.79 Å². The van der Waals surface area contributed by atoms with Gasteiger partial charge in [-0.15, -0.1) is 0 Å². The summed E-state index contributed by atoms with van der Waals surface area (Å²) in [4.78, 5) is 11.4. The van der Waals surface area contributed by atoms with Crippen LogP contribution in [0, 0.1) is 0 Å². The van der Waals surface area contributed by atoms with Gasteiger partial charge in [-0.05, 0) is 32.1 Å². The van der Waals surface area contributed by atoms with Crippen LogP contribution in [0.2, 0.25) is 0 Å². The zero-order valence-corrected chi connectivity index (χ0v) is 9.29. The molecule has 2 rings (SSSR count). The topological polar surface area (TPSA) is 50.4 Å². The summed E-state index contributed by atoms with van der Waals surface area (Å²) in [5.41, 5.74) is 0. The first kappa shape index (κ1) is 10.9. The molecule has 2 atom stereocenters. The standard InChI is InChI=1S/C11H20N2O2/c1-15-10-5-4-9(6-10)12-7-11(14)13-8-2-3-8/h8-10,12H,2-7H2,1H3,(H,13,14). The summed E-state index contributed by atoms with van der Waals surface area (Å²) in [5, 5.41) is 6.26. The summed E-state index contributed by atoms with van der Waals surface area (Å²) in [5.74, 6) is 0.137. The molecule has 4 nitrogen and oxygen atoms in total. The summed E-state index contributed by atoms with van der Waals surface area (Å²) >= 11 is 0. The summed E-state index contributed by atoms with van der Waals surface area (Å²) in [6.45, 7) is 0.456. The van der Waals surface area contributed by atoms with Crippen molar-refractivity contribution < 1.29 is 9.53 Å². The van der Waals surface area contributed by atoms with Crippen LogP contribution in [0.15, 0.2) is 0 Å². The molecule has 4 heteroatoms. The summed E-state index contributed by atoms with van der Waals surface area (Å²) in [6, 6.07) is 0.925. The minimum atomic E-state index is 0.137. The number of methoxy groups -OCH3 is 1. The Morgan fingerprint density at radius 1 is 1.27 bits per heavy atom. The first-order valence-corrected chi connectivity index (χ1v) is 5.83. The van der Waals surface area contributed by atoms with Crippen molar-refractivity contribution in [3.05, 3.63) is 0 Å². The molecular weight excluding hydrogens is 192 g/mol. The molecule has 2 unspecified atom stereocenters. The van der Waals surface area contributed by atoms with E-state index in [1.807, 2.05) is 0 Å². The van der Waals surface area contributed by atoms with E-state index >= 15 is 0 Å². The van der Waals surface area contributed by atoms with Crippen molar-refractivity contribution in [2.75, 3.05) is 13.7 Å². The lowest BCUT2D eigenvalue weighted by molar-refractivity contribution is -0.120. The van der Waals surface area contributed by atoms with Crippen LogP contribution in [0.3, 0.4) is 0 Å². The monoisotopic (exact) mass is 212 g/mol. The number of amides is 1. The number of carbonyl (C=O) groups excluding carboxylic acids is 1. The molecule has 0 heterocycles. The molecule has 0 aromatic heterocycles. The van der Waals surface area contributed by atoms with Crippen LogP contribution < -0.4 is 10.6 Å². The zero-order valence-electron chi connectivity index (χ0n) is 9.29. The van der Waals surface area contributed by atoms with E-state index in [1.54, 1.807) is 7.11 Å². The third-order valence-corrected chi connectivity index (χ3v) is 3.21. The Morgan fingerprint density at radius 2 is 2.00 bits per heavy atom. The lowest BCUT2D eigenvalue weighted by Gasteiger charge is -2.12. The minimum Gasteiger partial charge on any atom is -0.381 e. The van der Waals surface area contributed by atoms with Crippen molar-refractivity contribution in [3.63, 3.8) is 0 Å². The first-order chi connectivity index (χ1) is 7.28. The highest BCUT2D eigenvalue weighted by Crippen LogP contribution is 2.21. The fourth-order valence-corrected chi connectivity index (χ4v) is 2.08. The van der Waals surface area contributed by atoms with E-state index in [4.69, 9.17) is 4.74 Å². The van der Waals surface area contributed by atoms with Crippen LogP contribution in [0.5, 0.6) is 0 Å². The number of ether oxygens (including phenoxy) is 1. The van der Waals surface area contributed by atoms with Crippen LogP contribution in [0.4, 0.5) is 0 Å². The summed E-state index contributed by atoms with van der Waals surface area (Å²) in [6.07, 6.45) is 5.96. The van der Waals surface area contributed by atoms with Crippen LogP contribution in [0.25, 0.3) is 0 Å². The fraction of sp³-hybridized carbons (Fsp3) is 0.909. The van der Waals surface area contributed by atoms with Gasteiger partial charge in [0.1, 0.15) is 0 Å². The molecule has 0 bridgehead atoms. The Bertz CT molecular complexity index is 229. The second-order valence-electron chi connectivity index (χ2n) is 4.59. The van der Waals surface area contributed by atoms with Crippen molar-refractivity contribution >= 4 is 5.91 Å². The number of hydrogen-bond acceptors (Lipinski definition) is 3. The van der Waals surface area contributed by atoms with Gasteiger partial charge in [0.15, 0.2) is 0 Å². The van der Waals surface area contributed by atoms with Crippen LogP contribution >= 0.6 is 0 Å². The molecule has 2 fully saturated rings. The summed E-state index contributed by atoms with van der Waals surface area (Å²) < 4.78 is 5.28. The van der Waals surface area contributed by atoms with Crippen LogP contribution in [-0.2, 0) is 9.53 Å². The highest BCUT2D eigenvalue weighted by molar-refractivity contribution is 5.78. The van der Waals surface area contributed by atoms with Gasteiger partial charge >= 0.3 is 0 Å². The van der Waals surface area contributed by atoms with E-state index in [9.17, 15) is 4.79 Å². The van der Waals surface area contributed by atoms with E-state index in [0.717, 1.165) is 32.1 Å². The molecule has 1 amide bonds. The molecule has 2 N–H and O–H groups in total. The quantitative estimate of drug-likeness (QED) is 0.694. The lowest BCUT2D eigenvalue weighted by atomic mass is 10.2.